The third-order valence-corrected chi connectivity index (χ3v) is 2.97. The number of unbranched alkanes of at least 4 members (excludes halogenated alkanes) is 1. The number of aryl methyl sites for hydroxylation is 1. The Balaban J connectivity index is 0.00000441. The zero-order valence-corrected chi connectivity index (χ0v) is 15.4. The van der Waals surface area contributed by atoms with E-state index in [0.717, 1.165) is 37.9 Å². The molecule has 0 saturated carbocycles. The van der Waals surface area contributed by atoms with Gasteiger partial charge in [-0.3, -0.25) is 15.1 Å². The molecule has 0 aromatic heterocycles. The number of nitrogens with zero attached hydrogens (tertiary/aromatic N) is 2. The number of rotatable bonds is 8. The van der Waals surface area contributed by atoms with Gasteiger partial charge < -0.3 is 11.1 Å². The zero-order valence-electron chi connectivity index (χ0n) is 13.1. The second-order valence-electron chi connectivity index (χ2n) is 5.43. The number of non-ortho nitro benzene ring substituents is 1. The normalized spacial score (nSPS) is 11.1. The first kappa shape index (κ1) is 20.6. The number of aliphatic imine (C=N–C) groups is 1. The van der Waals surface area contributed by atoms with Crippen molar-refractivity contribution in [2.75, 3.05) is 13.1 Å². The molecule has 3 N–H and O–H groups in total. The van der Waals surface area contributed by atoms with Crippen molar-refractivity contribution >= 4 is 35.6 Å². The smallest absolute Gasteiger partial charge is 0.269 e. The molecule has 0 saturated heterocycles. The van der Waals surface area contributed by atoms with E-state index in [0.29, 0.717) is 11.9 Å². The number of guanidine groups is 1. The fraction of sp³-hybridized carbons (Fsp3) is 0.533. The molecule has 7 heteroatoms. The molecule has 1 rings (SSSR count). The van der Waals surface area contributed by atoms with Gasteiger partial charge in [0.2, 0.25) is 0 Å². The van der Waals surface area contributed by atoms with Gasteiger partial charge in [0.1, 0.15) is 0 Å². The summed E-state index contributed by atoms with van der Waals surface area (Å²) in [6, 6.07) is 6.71. The van der Waals surface area contributed by atoms with Gasteiger partial charge in [0.05, 0.1) is 4.92 Å². The Morgan fingerprint density at radius 3 is 2.50 bits per heavy atom. The molecule has 1 aromatic carbocycles. The van der Waals surface area contributed by atoms with E-state index in [1.165, 1.54) is 0 Å². The quantitative estimate of drug-likeness (QED) is 0.169. The van der Waals surface area contributed by atoms with Crippen LogP contribution in [0.15, 0.2) is 29.3 Å². The third kappa shape index (κ3) is 8.81. The molecule has 0 amide bonds. The molecule has 0 bridgehead atoms. The first-order valence-corrected chi connectivity index (χ1v) is 7.26. The van der Waals surface area contributed by atoms with Crippen LogP contribution in [0.4, 0.5) is 5.69 Å². The van der Waals surface area contributed by atoms with Crippen molar-refractivity contribution in [2.24, 2.45) is 16.6 Å². The molecule has 0 aliphatic heterocycles. The molecule has 0 aliphatic carbocycles. The lowest BCUT2D eigenvalue weighted by atomic mass is 10.1. The molecule has 0 unspecified atom stereocenters. The van der Waals surface area contributed by atoms with Crippen LogP contribution in [0.3, 0.4) is 0 Å². The Kier molecular flexibility index (Phi) is 10.5. The van der Waals surface area contributed by atoms with E-state index in [1.807, 2.05) is 12.1 Å². The number of nitro benzene ring substituents is 1. The van der Waals surface area contributed by atoms with Crippen LogP contribution in [0.25, 0.3) is 0 Å². The minimum Gasteiger partial charge on any atom is -0.370 e. The number of hydrogen-bond acceptors (Lipinski definition) is 3. The van der Waals surface area contributed by atoms with Gasteiger partial charge >= 0.3 is 0 Å². The minimum absolute atomic E-state index is 0. The average Bonchev–Trinajstić information content (AvgIpc) is 2.45. The average molecular weight is 420 g/mol. The highest BCUT2D eigenvalue weighted by Crippen LogP contribution is 2.13. The van der Waals surface area contributed by atoms with Crippen LogP contribution in [0.5, 0.6) is 0 Å². The molecule has 22 heavy (non-hydrogen) atoms. The van der Waals surface area contributed by atoms with Gasteiger partial charge in [0.15, 0.2) is 5.96 Å². The highest BCUT2D eigenvalue weighted by Gasteiger charge is 2.03. The number of nitrogens with one attached hydrogen (secondary N) is 1. The predicted molar refractivity (Wildman–Crippen MR) is 101 cm³/mol. The Hall–Kier alpha value is -1.38. The molecular weight excluding hydrogens is 395 g/mol. The van der Waals surface area contributed by atoms with Crippen LogP contribution in [-0.2, 0) is 6.42 Å². The lowest BCUT2D eigenvalue weighted by Crippen LogP contribution is -2.32. The minimum atomic E-state index is -0.382. The van der Waals surface area contributed by atoms with E-state index >= 15 is 0 Å². The van der Waals surface area contributed by atoms with Crippen molar-refractivity contribution < 1.29 is 4.92 Å². The van der Waals surface area contributed by atoms with E-state index in [-0.39, 0.29) is 34.6 Å². The van der Waals surface area contributed by atoms with Crippen molar-refractivity contribution in [3.63, 3.8) is 0 Å². The first-order chi connectivity index (χ1) is 9.99. The zero-order chi connectivity index (χ0) is 15.7. The lowest BCUT2D eigenvalue weighted by molar-refractivity contribution is -0.384. The molecular formula is C15H25IN4O2. The third-order valence-electron chi connectivity index (χ3n) is 2.97. The lowest BCUT2D eigenvalue weighted by Gasteiger charge is -2.06. The van der Waals surface area contributed by atoms with Gasteiger partial charge in [-0.05, 0) is 30.7 Å². The summed E-state index contributed by atoms with van der Waals surface area (Å²) in [6.45, 7) is 5.73. The summed E-state index contributed by atoms with van der Waals surface area (Å²) in [6.07, 6.45) is 2.89. The SMILES string of the molecule is CC(C)CN=C(N)NCCCCc1ccc([N+](=O)[O-])cc1.I. The van der Waals surface area contributed by atoms with Crippen molar-refractivity contribution in [1.82, 2.24) is 5.32 Å². The predicted octanol–water partition coefficient (Wildman–Crippen LogP) is 3.10. The maximum Gasteiger partial charge on any atom is 0.269 e. The van der Waals surface area contributed by atoms with Crippen molar-refractivity contribution in [1.29, 1.82) is 0 Å². The Morgan fingerprint density at radius 1 is 1.32 bits per heavy atom. The van der Waals surface area contributed by atoms with Crippen molar-refractivity contribution in [3.8, 4) is 0 Å². The highest BCUT2D eigenvalue weighted by atomic mass is 127. The monoisotopic (exact) mass is 420 g/mol. The maximum absolute atomic E-state index is 10.5. The number of nitrogens with two attached hydrogens (primary N) is 1. The van der Waals surface area contributed by atoms with Crippen molar-refractivity contribution in [3.05, 3.63) is 39.9 Å². The maximum atomic E-state index is 10.5. The van der Waals surface area contributed by atoms with Gasteiger partial charge in [-0.2, -0.15) is 0 Å². The summed E-state index contributed by atoms with van der Waals surface area (Å²) in [5.74, 6) is 1.01. The fourth-order valence-corrected chi connectivity index (χ4v) is 1.79. The summed E-state index contributed by atoms with van der Waals surface area (Å²) >= 11 is 0. The van der Waals surface area contributed by atoms with Crippen LogP contribution in [0, 0.1) is 16.0 Å². The fourth-order valence-electron chi connectivity index (χ4n) is 1.79. The van der Waals surface area contributed by atoms with Gasteiger partial charge in [0, 0.05) is 25.2 Å². The number of hydrogen-bond donors (Lipinski definition) is 2. The highest BCUT2D eigenvalue weighted by molar-refractivity contribution is 14.0. The largest absolute Gasteiger partial charge is 0.370 e. The molecule has 0 fully saturated rings. The molecule has 0 radical (unpaired) electrons. The summed E-state index contributed by atoms with van der Waals surface area (Å²) in [4.78, 5) is 14.4. The molecule has 124 valence electrons. The van der Waals surface area contributed by atoms with Crippen LogP contribution in [0.1, 0.15) is 32.3 Å². The molecule has 0 spiro atoms. The van der Waals surface area contributed by atoms with Crippen LogP contribution in [-0.4, -0.2) is 24.0 Å². The van der Waals surface area contributed by atoms with E-state index < -0.39 is 0 Å². The van der Waals surface area contributed by atoms with Gasteiger partial charge in [-0.25, -0.2) is 0 Å². The van der Waals surface area contributed by atoms with Gasteiger partial charge in [-0.1, -0.05) is 26.0 Å². The second-order valence-corrected chi connectivity index (χ2v) is 5.43. The molecule has 6 nitrogen and oxygen atoms in total. The molecule has 0 heterocycles. The van der Waals surface area contributed by atoms with E-state index in [4.69, 9.17) is 5.73 Å². The number of halogens is 1. The standard InChI is InChI=1S/C15H24N4O2.HI/c1-12(2)11-18-15(16)17-10-4-3-5-13-6-8-14(9-7-13)19(20)21;/h6-9,12H,3-5,10-11H2,1-2H3,(H3,16,17,18);1H. The topological polar surface area (TPSA) is 93.5 Å². The number of benzene rings is 1. The second kappa shape index (κ2) is 11.2. The van der Waals surface area contributed by atoms with Crippen LogP contribution < -0.4 is 11.1 Å². The Labute approximate surface area is 148 Å². The van der Waals surface area contributed by atoms with Gasteiger partial charge in [-0.15, -0.1) is 24.0 Å². The Morgan fingerprint density at radius 2 is 1.95 bits per heavy atom. The van der Waals surface area contributed by atoms with Crippen molar-refractivity contribution in [2.45, 2.75) is 33.1 Å². The molecule has 0 atom stereocenters. The Bertz CT molecular complexity index is 475. The summed E-state index contributed by atoms with van der Waals surface area (Å²) < 4.78 is 0. The molecule has 0 aliphatic rings. The first-order valence-electron chi connectivity index (χ1n) is 7.26. The van der Waals surface area contributed by atoms with E-state index in [2.05, 4.69) is 24.2 Å². The van der Waals surface area contributed by atoms with Crippen LogP contribution >= 0.6 is 24.0 Å². The van der Waals surface area contributed by atoms with Crippen LogP contribution in [0.2, 0.25) is 0 Å². The molecule has 1 aromatic rings. The summed E-state index contributed by atoms with van der Waals surface area (Å²) in [7, 11) is 0. The van der Waals surface area contributed by atoms with E-state index in [9.17, 15) is 10.1 Å². The number of nitro groups is 1. The summed E-state index contributed by atoms with van der Waals surface area (Å²) in [5, 5.41) is 13.6. The summed E-state index contributed by atoms with van der Waals surface area (Å²) in [5.41, 5.74) is 6.98. The van der Waals surface area contributed by atoms with Gasteiger partial charge in [0.25, 0.3) is 5.69 Å². The van der Waals surface area contributed by atoms with E-state index in [1.54, 1.807) is 12.1 Å².